The van der Waals surface area contributed by atoms with Gasteiger partial charge in [-0.15, -0.1) is 0 Å². The molecule has 0 atom stereocenters. The molecule has 0 aliphatic carbocycles. The molecule has 2 aromatic carbocycles. The highest BCUT2D eigenvalue weighted by molar-refractivity contribution is 7.89. The van der Waals surface area contributed by atoms with E-state index in [4.69, 9.17) is 30.5 Å². The van der Waals surface area contributed by atoms with E-state index in [2.05, 4.69) is 0 Å². The molecule has 0 saturated carbocycles. The first-order valence-corrected chi connectivity index (χ1v) is 12.5. The van der Waals surface area contributed by atoms with Crippen molar-refractivity contribution in [3.8, 4) is 23.0 Å². The summed E-state index contributed by atoms with van der Waals surface area (Å²) in [5.41, 5.74) is 0.382. The standard InChI is InChI=1S/C22H23ClN2O7S/c23-17-12-15(13-20-21(17)32-9-1-8-29-20)22(26)24-4-6-25(7-5-24)33(27,28)16-2-3-18-19(14-16)31-11-10-30-18/h2-3,12-14H,1,4-11H2. The number of amides is 1. The average Bonchev–Trinajstić information content (AvgIpc) is 3.09. The molecular formula is C22H23ClN2O7S. The number of piperazine rings is 1. The van der Waals surface area contributed by atoms with Gasteiger partial charge in [0.25, 0.3) is 5.91 Å². The van der Waals surface area contributed by atoms with Crippen LogP contribution in [0.2, 0.25) is 5.02 Å². The third-order valence-corrected chi connectivity index (χ3v) is 7.90. The van der Waals surface area contributed by atoms with E-state index in [9.17, 15) is 13.2 Å². The van der Waals surface area contributed by atoms with Crippen molar-refractivity contribution >= 4 is 27.5 Å². The minimum absolute atomic E-state index is 0.140. The van der Waals surface area contributed by atoms with E-state index < -0.39 is 10.0 Å². The molecule has 1 fully saturated rings. The highest BCUT2D eigenvalue weighted by atomic mass is 35.5. The lowest BCUT2D eigenvalue weighted by Gasteiger charge is -2.34. The van der Waals surface area contributed by atoms with Gasteiger partial charge in [0.1, 0.15) is 13.2 Å². The summed E-state index contributed by atoms with van der Waals surface area (Å²) in [5, 5.41) is 0.317. The summed E-state index contributed by atoms with van der Waals surface area (Å²) >= 11 is 6.32. The topological polar surface area (TPSA) is 94.6 Å². The first-order valence-electron chi connectivity index (χ1n) is 10.7. The Kier molecular flexibility index (Phi) is 5.98. The van der Waals surface area contributed by atoms with Gasteiger partial charge in [-0.1, -0.05) is 11.6 Å². The van der Waals surface area contributed by atoms with Gasteiger partial charge in [0, 0.05) is 44.2 Å². The second-order valence-corrected chi connectivity index (χ2v) is 10.2. The lowest BCUT2D eigenvalue weighted by Crippen LogP contribution is -2.50. The number of nitrogens with zero attached hydrogens (tertiary/aromatic N) is 2. The smallest absolute Gasteiger partial charge is 0.254 e. The number of hydrogen-bond acceptors (Lipinski definition) is 7. The SMILES string of the molecule is O=C(c1cc(Cl)c2c(c1)OCCCO2)N1CCN(S(=O)(=O)c2ccc3c(c2)OCCO3)CC1. The van der Waals surface area contributed by atoms with Gasteiger partial charge in [-0.2, -0.15) is 4.31 Å². The number of hydrogen-bond donors (Lipinski definition) is 0. The van der Waals surface area contributed by atoms with Crippen LogP contribution in [0, 0.1) is 0 Å². The largest absolute Gasteiger partial charge is 0.489 e. The van der Waals surface area contributed by atoms with Crippen LogP contribution in [0.15, 0.2) is 35.2 Å². The zero-order valence-corrected chi connectivity index (χ0v) is 19.4. The molecule has 0 aromatic heterocycles. The number of sulfonamides is 1. The zero-order chi connectivity index (χ0) is 23.0. The molecule has 3 heterocycles. The van der Waals surface area contributed by atoms with Gasteiger partial charge in [-0.25, -0.2) is 8.42 Å². The lowest BCUT2D eigenvalue weighted by molar-refractivity contribution is 0.0697. The second-order valence-electron chi connectivity index (χ2n) is 7.84. The number of carbonyl (C=O) groups excluding carboxylic acids is 1. The summed E-state index contributed by atoms with van der Waals surface area (Å²) < 4.78 is 49.9. The molecule has 0 radical (unpaired) electrons. The molecule has 0 unspecified atom stereocenters. The molecule has 0 spiro atoms. The molecule has 9 nitrogen and oxygen atoms in total. The maximum atomic E-state index is 13.1. The van der Waals surface area contributed by atoms with Crippen LogP contribution < -0.4 is 18.9 Å². The fourth-order valence-electron chi connectivity index (χ4n) is 4.00. The minimum Gasteiger partial charge on any atom is -0.489 e. The lowest BCUT2D eigenvalue weighted by atomic mass is 10.1. The Hall–Kier alpha value is -2.69. The molecule has 11 heteroatoms. The highest BCUT2D eigenvalue weighted by Crippen LogP contribution is 2.38. The quantitative estimate of drug-likeness (QED) is 0.646. The number of halogens is 1. The minimum atomic E-state index is -3.73. The monoisotopic (exact) mass is 494 g/mol. The van der Waals surface area contributed by atoms with Gasteiger partial charge in [-0.05, 0) is 24.3 Å². The van der Waals surface area contributed by atoms with Crippen molar-refractivity contribution in [3.63, 3.8) is 0 Å². The fourth-order valence-corrected chi connectivity index (χ4v) is 5.70. The first kappa shape index (κ1) is 22.1. The van der Waals surface area contributed by atoms with E-state index in [1.807, 2.05) is 0 Å². The van der Waals surface area contributed by atoms with Gasteiger partial charge < -0.3 is 23.8 Å². The zero-order valence-electron chi connectivity index (χ0n) is 17.8. The molecule has 0 N–H and O–H groups in total. The van der Waals surface area contributed by atoms with Gasteiger partial charge in [0.15, 0.2) is 23.0 Å². The van der Waals surface area contributed by atoms with Crippen LogP contribution >= 0.6 is 11.6 Å². The molecule has 2 aromatic rings. The summed E-state index contributed by atoms with van der Waals surface area (Å²) in [6.45, 7) is 2.67. The number of ether oxygens (including phenoxy) is 4. The van der Waals surface area contributed by atoms with E-state index in [1.54, 1.807) is 23.1 Å². The molecule has 0 bridgehead atoms. The molecule has 1 saturated heterocycles. The third kappa shape index (κ3) is 4.30. The Morgan fingerprint density at radius 2 is 1.52 bits per heavy atom. The van der Waals surface area contributed by atoms with Crippen LogP contribution in [0.25, 0.3) is 0 Å². The Labute approximate surface area is 196 Å². The van der Waals surface area contributed by atoms with Crippen LogP contribution in [-0.4, -0.2) is 76.1 Å². The predicted octanol–water partition coefficient (Wildman–Crippen LogP) is 2.42. The summed E-state index contributed by atoms with van der Waals surface area (Å²) in [6, 6.07) is 7.80. The van der Waals surface area contributed by atoms with Crippen LogP contribution in [-0.2, 0) is 10.0 Å². The van der Waals surface area contributed by atoms with Crippen LogP contribution in [0.5, 0.6) is 23.0 Å². The summed E-state index contributed by atoms with van der Waals surface area (Å²) in [4.78, 5) is 14.8. The molecule has 5 rings (SSSR count). The Morgan fingerprint density at radius 3 is 2.30 bits per heavy atom. The maximum absolute atomic E-state index is 13.1. The summed E-state index contributed by atoms with van der Waals surface area (Å²) in [5.74, 6) is 1.61. The van der Waals surface area contributed by atoms with Gasteiger partial charge >= 0.3 is 0 Å². The second kappa shape index (κ2) is 8.92. The summed E-state index contributed by atoms with van der Waals surface area (Å²) in [7, 11) is -3.73. The molecule has 33 heavy (non-hydrogen) atoms. The van der Waals surface area contributed by atoms with E-state index >= 15 is 0 Å². The van der Waals surface area contributed by atoms with Crippen molar-refractivity contribution in [3.05, 3.63) is 40.9 Å². The van der Waals surface area contributed by atoms with Crippen molar-refractivity contribution in [1.29, 1.82) is 0 Å². The summed E-state index contributed by atoms with van der Waals surface area (Å²) in [6.07, 6.45) is 0.730. The van der Waals surface area contributed by atoms with E-state index in [1.165, 1.54) is 16.4 Å². The maximum Gasteiger partial charge on any atom is 0.254 e. The first-order chi connectivity index (χ1) is 15.9. The normalized spacial score (nSPS) is 18.5. The number of carbonyl (C=O) groups is 1. The predicted molar refractivity (Wildman–Crippen MR) is 119 cm³/mol. The number of fused-ring (bicyclic) bond motifs is 2. The fraction of sp³-hybridized carbons (Fsp3) is 0.409. The van der Waals surface area contributed by atoms with Crippen LogP contribution in [0.1, 0.15) is 16.8 Å². The molecular weight excluding hydrogens is 472 g/mol. The van der Waals surface area contributed by atoms with E-state index in [-0.39, 0.29) is 37.0 Å². The molecule has 1 amide bonds. The Morgan fingerprint density at radius 1 is 0.818 bits per heavy atom. The molecule has 3 aliphatic heterocycles. The van der Waals surface area contributed by atoms with Crippen LogP contribution in [0.4, 0.5) is 0 Å². The molecule has 176 valence electrons. The van der Waals surface area contributed by atoms with Gasteiger partial charge in [-0.3, -0.25) is 4.79 Å². The number of benzene rings is 2. The molecule has 3 aliphatic rings. The Balaban J connectivity index is 1.28. The van der Waals surface area contributed by atoms with Gasteiger partial charge in [0.05, 0.1) is 23.1 Å². The van der Waals surface area contributed by atoms with E-state index in [0.29, 0.717) is 60.0 Å². The van der Waals surface area contributed by atoms with Gasteiger partial charge in [0.2, 0.25) is 10.0 Å². The highest BCUT2D eigenvalue weighted by Gasteiger charge is 2.32. The number of rotatable bonds is 3. The average molecular weight is 495 g/mol. The van der Waals surface area contributed by atoms with Crippen molar-refractivity contribution < 1.29 is 32.2 Å². The third-order valence-electron chi connectivity index (χ3n) is 5.73. The Bertz CT molecular complexity index is 1180. The van der Waals surface area contributed by atoms with Crippen LogP contribution in [0.3, 0.4) is 0 Å². The van der Waals surface area contributed by atoms with Crippen molar-refractivity contribution in [2.45, 2.75) is 11.3 Å². The van der Waals surface area contributed by atoms with Crippen molar-refractivity contribution in [2.24, 2.45) is 0 Å². The van der Waals surface area contributed by atoms with E-state index in [0.717, 1.165) is 6.42 Å². The van der Waals surface area contributed by atoms with Crippen molar-refractivity contribution in [1.82, 2.24) is 9.21 Å². The van der Waals surface area contributed by atoms with Crippen molar-refractivity contribution in [2.75, 3.05) is 52.6 Å².